The number of alkyl halides is 1. The van der Waals surface area contributed by atoms with Crippen molar-refractivity contribution in [1.29, 1.82) is 0 Å². The Morgan fingerprint density at radius 2 is 2.25 bits per heavy atom. The molecule has 0 aliphatic heterocycles. The Hall–Kier alpha value is -1.47. The van der Waals surface area contributed by atoms with E-state index in [0.717, 1.165) is 0 Å². The highest BCUT2D eigenvalue weighted by Crippen LogP contribution is 2.21. The molecule has 20 heavy (non-hydrogen) atoms. The zero-order valence-electron chi connectivity index (χ0n) is 11.4. The van der Waals surface area contributed by atoms with E-state index < -0.39 is 10.8 Å². The average Bonchev–Trinajstić information content (AvgIpc) is 2.38. The summed E-state index contributed by atoms with van der Waals surface area (Å²) in [4.78, 5) is 22.6. The minimum absolute atomic E-state index is 0.121. The van der Waals surface area contributed by atoms with E-state index in [2.05, 4.69) is 21.2 Å². The molecule has 0 aliphatic carbocycles. The number of ether oxygens (including phenoxy) is 1. The Morgan fingerprint density at radius 1 is 1.55 bits per heavy atom. The Bertz CT molecular complexity index is 493. The van der Waals surface area contributed by atoms with E-state index in [0.29, 0.717) is 25.1 Å². The van der Waals surface area contributed by atoms with E-state index in [9.17, 15) is 14.9 Å². The molecular formula is C13H17BrN2O4. The number of carbonyl (C=O) groups excluding carboxylic acids is 1. The summed E-state index contributed by atoms with van der Waals surface area (Å²) in [6, 6.07) is 4.58. The molecule has 0 saturated heterocycles. The zero-order valence-corrected chi connectivity index (χ0v) is 13.0. The number of nitrogens with zero attached hydrogens (tertiary/aromatic N) is 1. The maximum atomic E-state index is 12.1. The van der Waals surface area contributed by atoms with Crippen LogP contribution in [0.15, 0.2) is 18.2 Å². The Kier molecular flexibility index (Phi) is 6.60. The number of amides is 1. The van der Waals surface area contributed by atoms with Gasteiger partial charge in [0.05, 0.1) is 11.5 Å². The molecule has 1 rings (SSSR count). The SMILES string of the molecule is COCC(Br)CCNC(=O)c1c(C)cccc1[N+](=O)[O-]. The highest BCUT2D eigenvalue weighted by Gasteiger charge is 2.21. The topological polar surface area (TPSA) is 81.5 Å². The lowest BCUT2D eigenvalue weighted by Gasteiger charge is -2.10. The van der Waals surface area contributed by atoms with Gasteiger partial charge in [0.15, 0.2) is 0 Å². The van der Waals surface area contributed by atoms with Crippen molar-refractivity contribution in [2.75, 3.05) is 20.3 Å². The second-order valence-corrected chi connectivity index (χ2v) is 5.62. The summed E-state index contributed by atoms with van der Waals surface area (Å²) >= 11 is 3.41. The van der Waals surface area contributed by atoms with E-state index in [4.69, 9.17) is 4.74 Å². The molecule has 1 N–H and O–H groups in total. The number of hydrogen-bond donors (Lipinski definition) is 1. The van der Waals surface area contributed by atoms with Crippen LogP contribution in [0.4, 0.5) is 5.69 Å². The summed E-state index contributed by atoms with van der Waals surface area (Å²) in [5.41, 5.74) is 0.536. The van der Waals surface area contributed by atoms with Crippen molar-refractivity contribution in [3.8, 4) is 0 Å². The van der Waals surface area contributed by atoms with Crippen LogP contribution in [0.1, 0.15) is 22.3 Å². The van der Waals surface area contributed by atoms with Crippen molar-refractivity contribution < 1.29 is 14.5 Å². The smallest absolute Gasteiger partial charge is 0.282 e. The molecule has 1 atom stereocenters. The van der Waals surface area contributed by atoms with E-state index in [1.807, 2.05) is 0 Å². The molecule has 7 heteroatoms. The molecule has 0 spiro atoms. The summed E-state index contributed by atoms with van der Waals surface area (Å²) < 4.78 is 4.97. The highest BCUT2D eigenvalue weighted by atomic mass is 79.9. The lowest BCUT2D eigenvalue weighted by Crippen LogP contribution is -2.28. The molecular weight excluding hydrogens is 328 g/mol. The Morgan fingerprint density at radius 3 is 2.85 bits per heavy atom. The van der Waals surface area contributed by atoms with Gasteiger partial charge in [-0.15, -0.1) is 0 Å². The summed E-state index contributed by atoms with van der Waals surface area (Å²) in [5, 5.41) is 13.6. The van der Waals surface area contributed by atoms with Gasteiger partial charge in [0.1, 0.15) is 5.56 Å². The molecule has 1 unspecified atom stereocenters. The maximum Gasteiger partial charge on any atom is 0.282 e. The van der Waals surface area contributed by atoms with E-state index in [1.54, 1.807) is 26.2 Å². The van der Waals surface area contributed by atoms with Gasteiger partial charge >= 0.3 is 0 Å². The number of methoxy groups -OCH3 is 1. The van der Waals surface area contributed by atoms with Crippen LogP contribution >= 0.6 is 15.9 Å². The van der Waals surface area contributed by atoms with Crippen LogP contribution in [-0.2, 0) is 4.74 Å². The van der Waals surface area contributed by atoms with Crippen molar-refractivity contribution in [1.82, 2.24) is 5.32 Å². The van der Waals surface area contributed by atoms with Crippen LogP contribution in [-0.4, -0.2) is 35.9 Å². The fraction of sp³-hybridized carbons (Fsp3) is 0.462. The van der Waals surface area contributed by atoms with Crippen LogP contribution in [0.3, 0.4) is 0 Å². The molecule has 0 fully saturated rings. The van der Waals surface area contributed by atoms with Crippen molar-refractivity contribution >= 4 is 27.5 Å². The monoisotopic (exact) mass is 344 g/mol. The van der Waals surface area contributed by atoms with Gasteiger partial charge in [-0.05, 0) is 18.9 Å². The Balaban J connectivity index is 2.71. The molecule has 0 heterocycles. The van der Waals surface area contributed by atoms with E-state index in [-0.39, 0.29) is 16.1 Å². The second kappa shape index (κ2) is 7.96. The van der Waals surface area contributed by atoms with Gasteiger partial charge in [0, 0.05) is 24.5 Å². The molecule has 0 aliphatic rings. The van der Waals surface area contributed by atoms with E-state index >= 15 is 0 Å². The molecule has 1 aromatic carbocycles. The maximum absolute atomic E-state index is 12.1. The van der Waals surface area contributed by atoms with Gasteiger partial charge in [-0.1, -0.05) is 28.1 Å². The molecule has 0 aromatic heterocycles. The van der Waals surface area contributed by atoms with Crippen LogP contribution < -0.4 is 5.32 Å². The van der Waals surface area contributed by atoms with Crippen LogP contribution in [0.5, 0.6) is 0 Å². The first kappa shape index (κ1) is 16.6. The third-order valence-electron chi connectivity index (χ3n) is 2.77. The molecule has 110 valence electrons. The Labute approximate surface area is 125 Å². The van der Waals surface area contributed by atoms with Gasteiger partial charge in [0.25, 0.3) is 11.6 Å². The number of nitrogens with one attached hydrogen (secondary N) is 1. The second-order valence-electron chi connectivity index (χ2n) is 4.32. The van der Waals surface area contributed by atoms with Crippen LogP contribution in [0.2, 0.25) is 0 Å². The fourth-order valence-electron chi connectivity index (χ4n) is 1.79. The minimum atomic E-state index is -0.542. The number of benzene rings is 1. The van der Waals surface area contributed by atoms with Crippen molar-refractivity contribution in [2.45, 2.75) is 18.2 Å². The number of rotatable bonds is 7. The zero-order chi connectivity index (χ0) is 15.1. The quantitative estimate of drug-likeness (QED) is 0.468. The lowest BCUT2D eigenvalue weighted by atomic mass is 10.1. The minimum Gasteiger partial charge on any atom is -0.384 e. The molecule has 0 radical (unpaired) electrons. The largest absolute Gasteiger partial charge is 0.384 e. The van der Waals surface area contributed by atoms with Gasteiger partial charge in [-0.2, -0.15) is 0 Å². The third kappa shape index (κ3) is 4.57. The van der Waals surface area contributed by atoms with Crippen molar-refractivity contribution in [2.24, 2.45) is 0 Å². The van der Waals surface area contributed by atoms with Gasteiger partial charge in [-0.3, -0.25) is 14.9 Å². The molecule has 1 amide bonds. The molecule has 1 aromatic rings. The lowest BCUT2D eigenvalue weighted by molar-refractivity contribution is -0.385. The van der Waals surface area contributed by atoms with Crippen molar-refractivity contribution in [3.05, 3.63) is 39.4 Å². The number of aryl methyl sites for hydroxylation is 1. The first-order chi connectivity index (χ1) is 9.47. The number of hydrogen-bond acceptors (Lipinski definition) is 4. The molecule has 0 bridgehead atoms. The van der Waals surface area contributed by atoms with Crippen LogP contribution in [0, 0.1) is 17.0 Å². The first-order valence-corrected chi connectivity index (χ1v) is 7.04. The van der Waals surface area contributed by atoms with Gasteiger partial charge < -0.3 is 10.1 Å². The summed E-state index contributed by atoms with van der Waals surface area (Å²) in [6.07, 6.45) is 0.680. The summed E-state index contributed by atoms with van der Waals surface area (Å²) in [5.74, 6) is -0.424. The number of nitro groups is 1. The number of halogens is 1. The van der Waals surface area contributed by atoms with Gasteiger partial charge in [0.2, 0.25) is 0 Å². The third-order valence-corrected chi connectivity index (χ3v) is 3.49. The first-order valence-electron chi connectivity index (χ1n) is 6.12. The average molecular weight is 345 g/mol. The number of carbonyl (C=O) groups is 1. The van der Waals surface area contributed by atoms with E-state index in [1.165, 1.54) is 6.07 Å². The normalized spacial score (nSPS) is 11.9. The summed E-state index contributed by atoms with van der Waals surface area (Å²) in [6.45, 7) is 2.64. The predicted molar refractivity (Wildman–Crippen MR) is 79.4 cm³/mol. The standard InChI is InChI=1S/C13H17BrN2O4/c1-9-4-3-5-11(16(18)19)12(9)13(17)15-7-6-10(14)8-20-2/h3-5,10H,6-8H2,1-2H3,(H,15,17). The van der Waals surface area contributed by atoms with Crippen molar-refractivity contribution in [3.63, 3.8) is 0 Å². The molecule has 6 nitrogen and oxygen atoms in total. The molecule has 0 saturated carbocycles. The summed E-state index contributed by atoms with van der Waals surface area (Å²) in [7, 11) is 1.60. The van der Waals surface area contributed by atoms with Gasteiger partial charge in [-0.25, -0.2) is 0 Å². The number of nitro benzene ring substituents is 1. The van der Waals surface area contributed by atoms with Crippen LogP contribution in [0.25, 0.3) is 0 Å². The predicted octanol–water partition coefficient (Wildman–Crippen LogP) is 2.43. The highest BCUT2D eigenvalue weighted by molar-refractivity contribution is 9.09. The fourth-order valence-corrected chi connectivity index (χ4v) is 2.29.